The van der Waals surface area contributed by atoms with E-state index in [0.29, 0.717) is 0 Å². The molecule has 292 valence electrons. The Hall–Kier alpha value is -3.91. The predicted octanol–water partition coefficient (Wildman–Crippen LogP) is 9.03. The van der Waals surface area contributed by atoms with Gasteiger partial charge in [0.05, 0.1) is 5.60 Å². The van der Waals surface area contributed by atoms with Crippen LogP contribution in [0.3, 0.4) is 0 Å². The van der Waals surface area contributed by atoms with E-state index >= 15 is 0 Å². The molecule has 1 saturated heterocycles. The van der Waals surface area contributed by atoms with Gasteiger partial charge in [-0.15, -0.1) is 11.3 Å². The predicted molar refractivity (Wildman–Crippen MR) is 236 cm³/mol. The quantitative estimate of drug-likeness (QED) is 0.134. The third kappa shape index (κ3) is 13.9. The van der Waals surface area contributed by atoms with E-state index in [1.165, 1.54) is 83.1 Å². The Morgan fingerprint density at radius 2 is 1.12 bits per heavy atom. The first-order valence-electron chi connectivity index (χ1n) is 18.6. The van der Waals surface area contributed by atoms with E-state index in [9.17, 15) is 5.11 Å². The van der Waals surface area contributed by atoms with Crippen LogP contribution in [0.15, 0.2) is 133 Å². The maximum Gasteiger partial charge on any atom is 2.00 e. The molecule has 6 aromatic carbocycles. The van der Waals surface area contributed by atoms with Crippen LogP contribution in [0.5, 0.6) is 0 Å². The molecule has 0 unspecified atom stereocenters. The first kappa shape index (κ1) is 49.2. The van der Waals surface area contributed by atoms with Crippen LogP contribution in [0.1, 0.15) is 71.2 Å². The molecule has 1 aromatic heterocycles. The molecule has 8 rings (SSSR count). The average Bonchev–Trinajstić information content (AvgIpc) is 3.86. The van der Waals surface area contributed by atoms with Gasteiger partial charge in [-0.1, -0.05) is 121 Å². The molecule has 0 aliphatic carbocycles. The van der Waals surface area contributed by atoms with Crippen molar-refractivity contribution in [2.75, 3.05) is 13.2 Å². The van der Waals surface area contributed by atoms with Crippen LogP contribution in [0, 0.1) is 28.2 Å². The van der Waals surface area contributed by atoms with Crippen molar-refractivity contribution >= 4 is 60.7 Å². The van der Waals surface area contributed by atoms with Crippen molar-refractivity contribution in [3.63, 3.8) is 0 Å². The SMILES string of the molecule is C1CCOC1.CC(C)(O)c1ccccc1Cc1ccc2c(c1)sc1ccccc12.Cc1ccccc1Cc1ccc(-c2ccccc2C)c(C)c1.O=C=O.[Br-].[CH3-].[Mg+2]. The second kappa shape index (κ2) is 24.1. The zero-order valence-electron chi connectivity index (χ0n) is 34.1. The summed E-state index contributed by atoms with van der Waals surface area (Å²) in [5.74, 6) is 0. The first-order chi connectivity index (χ1) is 26.1. The number of hydrogen-bond donors (Lipinski definition) is 1. The summed E-state index contributed by atoms with van der Waals surface area (Å²) in [7, 11) is 0. The third-order valence-electron chi connectivity index (χ3n) is 9.72. The van der Waals surface area contributed by atoms with Gasteiger partial charge >= 0.3 is 29.2 Å². The Kier molecular flexibility index (Phi) is 20.8. The number of carbonyl (C=O) groups excluding carboxylic acids is 2. The van der Waals surface area contributed by atoms with Crippen molar-refractivity contribution in [2.45, 2.75) is 65.9 Å². The topological polar surface area (TPSA) is 63.6 Å². The number of thiophene rings is 1. The smallest absolute Gasteiger partial charge is 1.00 e. The molecule has 0 amide bonds. The zero-order chi connectivity index (χ0) is 38.5. The van der Waals surface area contributed by atoms with Gasteiger partial charge in [-0.25, -0.2) is 0 Å². The van der Waals surface area contributed by atoms with Crippen LogP contribution >= 0.6 is 11.3 Å². The molecule has 7 aromatic rings. The summed E-state index contributed by atoms with van der Waals surface area (Å²) in [6.07, 6.45) is 4.64. The van der Waals surface area contributed by atoms with Gasteiger partial charge in [0.25, 0.3) is 0 Å². The Morgan fingerprint density at radius 3 is 1.74 bits per heavy atom. The maximum absolute atomic E-state index is 10.4. The number of rotatable bonds is 6. The molecule has 2 heterocycles. The van der Waals surface area contributed by atoms with E-state index in [4.69, 9.17) is 14.3 Å². The molecule has 1 N–H and O–H groups in total. The monoisotopic (exact) mass is 852 g/mol. The fourth-order valence-electron chi connectivity index (χ4n) is 6.92. The number of halogens is 1. The minimum Gasteiger partial charge on any atom is -1.00 e. The number of aryl methyl sites for hydroxylation is 3. The normalized spacial score (nSPS) is 11.5. The molecular weight excluding hydrogens is 801 g/mol. The van der Waals surface area contributed by atoms with E-state index < -0.39 is 5.60 Å². The van der Waals surface area contributed by atoms with Gasteiger partial charge < -0.3 is 34.3 Å². The van der Waals surface area contributed by atoms with Gasteiger partial charge in [0.15, 0.2) is 0 Å². The molecule has 1 fully saturated rings. The van der Waals surface area contributed by atoms with Gasteiger partial charge in [0, 0.05) is 33.4 Å². The van der Waals surface area contributed by atoms with Crippen LogP contribution in [0.2, 0.25) is 0 Å². The summed E-state index contributed by atoms with van der Waals surface area (Å²) in [5, 5.41) is 13.1. The molecule has 0 bridgehead atoms. The molecule has 1 aliphatic rings. The summed E-state index contributed by atoms with van der Waals surface area (Å²) in [6.45, 7) is 12.3. The second-order valence-corrected chi connectivity index (χ2v) is 15.4. The van der Waals surface area contributed by atoms with E-state index in [1.54, 1.807) is 0 Å². The van der Waals surface area contributed by atoms with Crippen molar-refractivity contribution in [1.82, 2.24) is 0 Å². The van der Waals surface area contributed by atoms with Crippen LogP contribution in [0.4, 0.5) is 0 Å². The van der Waals surface area contributed by atoms with Crippen molar-refractivity contribution in [3.8, 4) is 11.1 Å². The molecule has 7 heteroatoms. The molecule has 0 spiro atoms. The molecule has 0 atom stereocenters. The second-order valence-electron chi connectivity index (χ2n) is 14.3. The Morgan fingerprint density at radius 1 is 0.614 bits per heavy atom. The summed E-state index contributed by atoms with van der Waals surface area (Å²) in [6, 6.07) is 47.6. The summed E-state index contributed by atoms with van der Waals surface area (Å²) >= 11 is 1.85. The van der Waals surface area contributed by atoms with Gasteiger partial charge in [0.1, 0.15) is 0 Å². The van der Waals surface area contributed by atoms with Gasteiger partial charge in [-0.05, 0) is 128 Å². The number of benzene rings is 6. The van der Waals surface area contributed by atoms with E-state index in [0.717, 1.165) is 31.6 Å². The molecule has 0 radical (unpaired) electrons. The summed E-state index contributed by atoms with van der Waals surface area (Å²) in [5.41, 5.74) is 12.2. The van der Waals surface area contributed by atoms with E-state index in [-0.39, 0.29) is 53.6 Å². The fraction of sp³-hybridized carbons (Fsp3) is 0.240. The summed E-state index contributed by atoms with van der Waals surface area (Å²) in [4.78, 5) is 16.2. The zero-order valence-corrected chi connectivity index (χ0v) is 37.9. The first-order valence-corrected chi connectivity index (χ1v) is 19.4. The van der Waals surface area contributed by atoms with Crippen LogP contribution in [-0.4, -0.2) is 47.5 Å². The Labute approximate surface area is 370 Å². The average molecular weight is 854 g/mol. The molecule has 57 heavy (non-hydrogen) atoms. The Balaban J connectivity index is 0.000000317. The fourth-order valence-corrected chi connectivity index (χ4v) is 8.09. The molecular formula is C50H53BrMgO4S. The van der Waals surface area contributed by atoms with Crippen molar-refractivity contribution in [2.24, 2.45) is 0 Å². The van der Waals surface area contributed by atoms with E-state index in [2.05, 4.69) is 136 Å². The van der Waals surface area contributed by atoms with Crippen LogP contribution < -0.4 is 17.0 Å². The largest absolute Gasteiger partial charge is 2.00 e. The minimum absolute atomic E-state index is 0. The van der Waals surface area contributed by atoms with Crippen molar-refractivity contribution in [1.29, 1.82) is 0 Å². The van der Waals surface area contributed by atoms with Crippen molar-refractivity contribution in [3.05, 3.63) is 185 Å². The minimum atomic E-state index is -0.821. The van der Waals surface area contributed by atoms with Gasteiger partial charge in [0.2, 0.25) is 0 Å². The Bertz CT molecular complexity index is 2320. The van der Waals surface area contributed by atoms with Crippen LogP contribution in [0.25, 0.3) is 31.3 Å². The van der Waals surface area contributed by atoms with E-state index in [1.807, 2.05) is 43.4 Å². The third-order valence-corrected chi connectivity index (χ3v) is 10.9. The van der Waals surface area contributed by atoms with Crippen LogP contribution in [-0.2, 0) is 32.8 Å². The number of hydrogen-bond acceptors (Lipinski definition) is 5. The van der Waals surface area contributed by atoms with Gasteiger partial charge in [-0.2, -0.15) is 9.59 Å². The van der Waals surface area contributed by atoms with Crippen molar-refractivity contribution < 1.29 is 36.4 Å². The number of aliphatic hydroxyl groups is 1. The molecule has 1 aliphatic heterocycles. The molecule has 0 saturated carbocycles. The summed E-state index contributed by atoms with van der Waals surface area (Å²) < 4.78 is 7.61. The van der Waals surface area contributed by atoms with Gasteiger partial charge in [-0.3, -0.25) is 0 Å². The number of ether oxygens (including phenoxy) is 1. The standard InChI is InChI=1S/C22H20OS.C22H22.C4H8O.CO2.CH3.BrH.Mg/c1-22(2,23)19-9-5-3-7-16(19)13-15-11-12-18-17-8-4-6-10-20(17)24-21(18)14-15;1-16-8-4-6-10-20(16)15-19-12-13-22(18(3)14-19)21-11-7-5-9-17(21)2;1-2-4-5-3-1;2-1-3;;;/h3-12,14,23H,13H2,1-2H3;4-14H,15H2,1-3H3;1-4H2;;1H3;1H;/q;;;;-1;;+2/p-1. The number of fused-ring (bicyclic) bond motifs is 3. The maximum atomic E-state index is 10.4. The molecule has 4 nitrogen and oxygen atoms in total.